The van der Waals surface area contributed by atoms with Gasteiger partial charge in [0.25, 0.3) is 0 Å². The highest BCUT2D eigenvalue weighted by atomic mass is 35.5. The average molecular weight is 213 g/mol. The van der Waals surface area contributed by atoms with Crippen LogP contribution < -0.4 is 5.32 Å². The van der Waals surface area contributed by atoms with Crippen LogP contribution in [0.2, 0.25) is 5.02 Å². The number of nitrogens with one attached hydrogen (secondary N) is 1. The normalized spacial score (nSPS) is 10.6. The summed E-state index contributed by atoms with van der Waals surface area (Å²) in [5.74, 6) is 0. The van der Waals surface area contributed by atoms with E-state index in [2.05, 4.69) is 24.3 Å². The Morgan fingerprint density at radius 1 is 1.21 bits per heavy atom. The molecule has 0 bridgehead atoms. The van der Waals surface area contributed by atoms with Crippen molar-refractivity contribution in [2.45, 2.75) is 6.42 Å². The first kappa shape index (κ1) is 11.3. The van der Waals surface area contributed by atoms with Gasteiger partial charge in [-0.3, -0.25) is 0 Å². The van der Waals surface area contributed by atoms with E-state index in [0.717, 1.165) is 30.2 Å². The summed E-state index contributed by atoms with van der Waals surface area (Å²) in [5.41, 5.74) is 1.13. The number of hydrogen-bond acceptors (Lipinski definition) is 2. The smallest absolute Gasteiger partial charge is 0.0407 e. The molecule has 0 aliphatic rings. The van der Waals surface area contributed by atoms with E-state index in [1.165, 1.54) is 0 Å². The van der Waals surface area contributed by atoms with Crippen LogP contribution in [0.5, 0.6) is 0 Å². The monoisotopic (exact) mass is 212 g/mol. The molecule has 0 saturated heterocycles. The zero-order valence-electron chi connectivity index (χ0n) is 8.76. The van der Waals surface area contributed by atoms with Crippen molar-refractivity contribution in [3.8, 4) is 0 Å². The van der Waals surface area contributed by atoms with Gasteiger partial charge in [0.15, 0.2) is 0 Å². The van der Waals surface area contributed by atoms with E-state index in [0.29, 0.717) is 0 Å². The molecule has 1 N–H and O–H groups in total. The molecule has 0 fully saturated rings. The Balaban J connectivity index is 2.21. The van der Waals surface area contributed by atoms with Crippen LogP contribution in [0.4, 0.5) is 5.69 Å². The lowest BCUT2D eigenvalue weighted by Gasteiger charge is -2.10. The largest absolute Gasteiger partial charge is 0.385 e. The summed E-state index contributed by atoms with van der Waals surface area (Å²) in [4.78, 5) is 2.18. The summed E-state index contributed by atoms with van der Waals surface area (Å²) in [6.45, 7) is 2.11. The maximum absolute atomic E-state index is 5.78. The van der Waals surface area contributed by atoms with Crippen molar-refractivity contribution in [1.29, 1.82) is 0 Å². The Kier molecular flexibility index (Phi) is 4.77. The van der Waals surface area contributed by atoms with E-state index in [1.54, 1.807) is 0 Å². The minimum atomic E-state index is 0.781. The summed E-state index contributed by atoms with van der Waals surface area (Å²) < 4.78 is 0. The standard InChI is InChI=1S/C11H17ClN2/c1-14(2)9-3-8-13-11-6-4-10(12)5-7-11/h4-7,13H,3,8-9H2,1-2H3. The topological polar surface area (TPSA) is 15.3 Å². The zero-order valence-corrected chi connectivity index (χ0v) is 9.51. The molecule has 1 aromatic carbocycles. The van der Waals surface area contributed by atoms with Crippen LogP contribution in [0, 0.1) is 0 Å². The lowest BCUT2D eigenvalue weighted by molar-refractivity contribution is 0.405. The van der Waals surface area contributed by atoms with Gasteiger partial charge in [-0.15, -0.1) is 0 Å². The second-order valence-corrected chi connectivity index (χ2v) is 4.03. The molecule has 0 aliphatic heterocycles. The third-order valence-electron chi connectivity index (χ3n) is 1.96. The summed E-state index contributed by atoms with van der Waals surface area (Å²) in [6.07, 6.45) is 1.15. The zero-order chi connectivity index (χ0) is 10.4. The number of nitrogens with zero attached hydrogens (tertiary/aromatic N) is 1. The molecular weight excluding hydrogens is 196 g/mol. The molecule has 3 heteroatoms. The van der Waals surface area contributed by atoms with E-state index in [9.17, 15) is 0 Å². The molecule has 0 radical (unpaired) electrons. The maximum atomic E-state index is 5.78. The van der Waals surface area contributed by atoms with Crippen LogP contribution in [0.25, 0.3) is 0 Å². The molecule has 0 aromatic heterocycles. The number of hydrogen-bond donors (Lipinski definition) is 1. The highest BCUT2D eigenvalue weighted by Gasteiger charge is 1.92. The second kappa shape index (κ2) is 5.89. The quantitative estimate of drug-likeness (QED) is 0.756. The number of rotatable bonds is 5. The molecule has 0 amide bonds. The summed E-state index contributed by atoms with van der Waals surface area (Å²) in [5, 5.41) is 4.12. The highest BCUT2D eigenvalue weighted by Crippen LogP contribution is 2.12. The van der Waals surface area contributed by atoms with E-state index in [1.807, 2.05) is 24.3 Å². The Morgan fingerprint density at radius 3 is 2.43 bits per heavy atom. The summed E-state index contributed by atoms with van der Waals surface area (Å²) in [7, 11) is 4.17. The number of benzene rings is 1. The second-order valence-electron chi connectivity index (χ2n) is 3.59. The van der Waals surface area contributed by atoms with E-state index in [-0.39, 0.29) is 0 Å². The molecule has 0 saturated carbocycles. The van der Waals surface area contributed by atoms with Gasteiger partial charge in [0.2, 0.25) is 0 Å². The van der Waals surface area contributed by atoms with Crippen molar-refractivity contribution < 1.29 is 0 Å². The van der Waals surface area contributed by atoms with Crippen LogP contribution in [0.1, 0.15) is 6.42 Å². The Hall–Kier alpha value is -0.730. The van der Waals surface area contributed by atoms with Gasteiger partial charge in [-0.1, -0.05) is 11.6 Å². The minimum absolute atomic E-state index is 0.781. The SMILES string of the molecule is CN(C)CCCNc1ccc(Cl)cc1. The third kappa shape index (κ3) is 4.49. The molecular formula is C11H17ClN2. The average Bonchev–Trinajstić information content (AvgIpc) is 2.15. The number of anilines is 1. The molecule has 1 rings (SSSR count). The lowest BCUT2D eigenvalue weighted by Crippen LogP contribution is -2.16. The molecule has 2 nitrogen and oxygen atoms in total. The van der Waals surface area contributed by atoms with E-state index in [4.69, 9.17) is 11.6 Å². The van der Waals surface area contributed by atoms with E-state index < -0.39 is 0 Å². The fourth-order valence-electron chi connectivity index (χ4n) is 1.20. The van der Waals surface area contributed by atoms with E-state index >= 15 is 0 Å². The first-order valence-electron chi connectivity index (χ1n) is 4.82. The first-order valence-corrected chi connectivity index (χ1v) is 5.20. The van der Waals surface area contributed by atoms with Gasteiger partial charge >= 0.3 is 0 Å². The van der Waals surface area contributed by atoms with Crippen molar-refractivity contribution in [2.75, 3.05) is 32.5 Å². The molecule has 0 heterocycles. The van der Waals surface area contributed by atoms with Gasteiger partial charge < -0.3 is 10.2 Å². The Bertz CT molecular complexity index is 256. The van der Waals surface area contributed by atoms with Gasteiger partial charge in [-0.2, -0.15) is 0 Å². The van der Waals surface area contributed by atoms with Gasteiger partial charge in [0.05, 0.1) is 0 Å². The fourth-order valence-corrected chi connectivity index (χ4v) is 1.32. The molecule has 0 spiro atoms. The predicted molar refractivity (Wildman–Crippen MR) is 63.1 cm³/mol. The summed E-state index contributed by atoms with van der Waals surface area (Å²) in [6, 6.07) is 7.79. The minimum Gasteiger partial charge on any atom is -0.385 e. The fraction of sp³-hybridized carbons (Fsp3) is 0.455. The van der Waals surface area contributed by atoms with Crippen molar-refractivity contribution in [1.82, 2.24) is 4.90 Å². The third-order valence-corrected chi connectivity index (χ3v) is 2.21. The Morgan fingerprint density at radius 2 is 1.86 bits per heavy atom. The molecule has 1 aromatic rings. The lowest BCUT2D eigenvalue weighted by atomic mass is 10.3. The van der Waals surface area contributed by atoms with Crippen molar-refractivity contribution in [3.63, 3.8) is 0 Å². The van der Waals surface area contributed by atoms with Gasteiger partial charge in [0.1, 0.15) is 0 Å². The maximum Gasteiger partial charge on any atom is 0.0407 e. The molecule has 0 atom stereocenters. The van der Waals surface area contributed by atoms with Crippen LogP contribution in [-0.4, -0.2) is 32.1 Å². The van der Waals surface area contributed by atoms with Crippen molar-refractivity contribution in [3.05, 3.63) is 29.3 Å². The highest BCUT2D eigenvalue weighted by molar-refractivity contribution is 6.30. The molecule has 0 unspecified atom stereocenters. The van der Waals surface area contributed by atoms with Crippen molar-refractivity contribution in [2.24, 2.45) is 0 Å². The predicted octanol–water partition coefficient (Wildman–Crippen LogP) is 2.70. The van der Waals surface area contributed by atoms with Crippen LogP contribution >= 0.6 is 11.6 Å². The molecule has 14 heavy (non-hydrogen) atoms. The number of halogens is 1. The molecule has 0 aliphatic carbocycles. The van der Waals surface area contributed by atoms with Crippen LogP contribution in [0.15, 0.2) is 24.3 Å². The van der Waals surface area contributed by atoms with Crippen LogP contribution in [0.3, 0.4) is 0 Å². The van der Waals surface area contributed by atoms with Gasteiger partial charge in [-0.05, 0) is 51.3 Å². The van der Waals surface area contributed by atoms with Crippen molar-refractivity contribution >= 4 is 17.3 Å². The summed E-state index contributed by atoms with van der Waals surface area (Å²) >= 11 is 5.78. The van der Waals surface area contributed by atoms with Gasteiger partial charge in [-0.25, -0.2) is 0 Å². The van der Waals surface area contributed by atoms with Crippen LogP contribution in [-0.2, 0) is 0 Å². The van der Waals surface area contributed by atoms with Gasteiger partial charge in [0, 0.05) is 17.3 Å². The molecule has 78 valence electrons. The first-order chi connectivity index (χ1) is 6.68. The Labute approximate surface area is 90.9 Å².